The molecule has 0 aliphatic carbocycles. The lowest BCUT2D eigenvalue weighted by Gasteiger charge is -2.35. The fourth-order valence-corrected chi connectivity index (χ4v) is 3.96. The lowest BCUT2D eigenvalue weighted by Crippen LogP contribution is -2.53. The molecule has 1 unspecified atom stereocenters. The molecule has 0 saturated carbocycles. The normalized spacial score (nSPS) is 16.1. The van der Waals surface area contributed by atoms with E-state index in [0.29, 0.717) is 41.0 Å². The van der Waals surface area contributed by atoms with Crippen LogP contribution in [-0.4, -0.2) is 59.1 Å². The number of benzene rings is 2. The molecule has 2 aromatic rings. The quantitative estimate of drug-likeness (QED) is 0.560. The Kier molecular flexibility index (Phi) is 8.62. The molecule has 1 atom stereocenters. The maximum Gasteiger partial charge on any atom is 0.243 e. The summed E-state index contributed by atoms with van der Waals surface area (Å²) in [4.78, 5) is 13.1. The number of nitrogens with zero attached hydrogens (tertiary/aromatic N) is 1. The zero-order valence-corrected chi connectivity index (χ0v) is 19.9. The molecule has 1 aliphatic heterocycles. The van der Waals surface area contributed by atoms with E-state index in [0.717, 1.165) is 31.4 Å². The summed E-state index contributed by atoms with van der Waals surface area (Å²) >= 11 is 0. The molecule has 1 heterocycles. The standard InChI is InChI=1S/C24H33N3O6/c1-29-19-10-9-17(14-20(19)30-2)26-24(28)18-8-6-7-11-27(18)25-15-16-12-21(31-3)23(33-5)22(13-16)32-4/h9-10,12-14,18,25H,6-8,11,15H2,1-5H3,(H,26,28). The zero-order valence-electron chi connectivity index (χ0n) is 19.9. The number of anilines is 1. The maximum atomic E-state index is 13.1. The molecule has 1 saturated heterocycles. The van der Waals surface area contributed by atoms with Crippen molar-refractivity contribution in [2.45, 2.75) is 31.8 Å². The molecule has 0 bridgehead atoms. The summed E-state index contributed by atoms with van der Waals surface area (Å²) in [5, 5.41) is 5.01. The smallest absolute Gasteiger partial charge is 0.243 e. The van der Waals surface area contributed by atoms with Crippen molar-refractivity contribution in [3.8, 4) is 28.7 Å². The molecular formula is C24H33N3O6. The Morgan fingerprint density at radius 1 is 0.879 bits per heavy atom. The van der Waals surface area contributed by atoms with Crippen molar-refractivity contribution in [2.24, 2.45) is 0 Å². The van der Waals surface area contributed by atoms with Gasteiger partial charge in [0, 0.05) is 24.8 Å². The predicted octanol–water partition coefficient (Wildman–Crippen LogP) is 3.23. The van der Waals surface area contributed by atoms with Gasteiger partial charge in [0.05, 0.1) is 35.5 Å². The highest BCUT2D eigenvalue weighted by Gasteiger charge is 2.29. The van der Waals surface area contributed by atoms with Gasteiger partial charge in [0.1, 0.15) is 6.04 Å². The minimum Gasteiger partial charge on any atom is -0.493 e. The van der Waals surface area contributed by atoms with Crippen LogP contribution in [0.2, 0.25) is 0 Å². The fraction of sp³-hybridized carbons (Fsp3) is 0.458. The Balaban J connectivity index is 1.70. The van der Waals surface area contributed by atoms with Gasteiger partial charge in [-0.1, -0.05) is 0 Å². The van der Waals surface area contributed by atoms with Gasteiger partial charge in [-0.3, -0.25) is 10.2 Å². The van der Waals surface area contributed by atoms with Crippen LogP contribution in [0.3, 0.4) is 0 Å². The number of nitrogens with one attached hydrogen (secondary N) is 2. The van der Waals surface area contributed by atoms with E-state index in [1.54, 1.807) is 53.7 Å². The number of hydrogen-bond acceptors (Lipinski definition) is 8. The Morgan fingerprint density at radius 2 is 1.55 bits per heavy atom. The maximum absolute atomic E-state index is 13.1. The number of amides is 1. The van der Waals surface area contributed by atoms with Crippen molar-refractivity contribution in [3.05, 3.63) is 35.9 Å². The number of hydrogen-bond donors (Lipinski definition) is 2. The molecule has 3 rings (SSSR count). The van der Waals surface area contributed by atoms with E-state index in [1.165, 1.54) is 0 Å². The SMILES string of the molecule is COc1ccc(NC(=O)C2CCCCN2NCc2cc(OC)c(OC)c(OC)c2)cc1OC. The molecule has 0 spiro atoms. The van der Waals surface area contributed by atoms with E-state index >= 15 is 0 Å². The summed E-state index contributed by atoms with van der Waals surface area (Å²) in [5.41, 5.74) is 5.02. The van der Waals surface area contributed by atoms with Crippen molar-refractivity contribution in [1.29, 1.82) is 0 Å². The van der Waals surface area contributed by atoms with Crippen molar-refractivity contribution in [2.75, 3.05) is 47.4 Å². The van der Waals surface area contributed by atoms with E-state index < -0.39 is 0 Å². The average Bonchev–Trinajstić information content (AvgIpc) is 2.86. The second-order valence-electron chi connectivity index (χ2n) is 7.63. The van der Waals surface area contributed by atoms with Crippen LogP contribution in [0.1, 0.15) is 24.8 Å². The molecule has 1 aliphatic rings. The molecule has 180 valence electrons. The molecule has 1 fully saturated rings. The number of methoxy groups -OCH3 is 5. The molecule has 0 aromatic heterocycles. The largest absolute Gasteiger partial charge is 0.493 e. The van der Waals surface area contributed by atoms with Crippen LogP contribution >= 0.6 is 0 Å². The minimum absolute atomic E-state index is 0.0701. The van der Waals surface area contributed by atoms with Gasteiger partial charge in [0.15, 0.2) is 23.0 Å². The summed E-state index contributed by atoms with van der Waals surface area (Å²) in [5.74, 6) is 2.84. The third kappa shape index (κ3) is 5.80. The van der Waals surface area contributed by atoms with E-state index in [4.69, 9.17) is 23.7 Å². The van der Waals surface area contributed by atoms with Gasteiger partial charge in [0.25, 0.3) is 0 Å². The zero-order chi connectivity index (χ0) is 23.8. The first-order chi connectivity index (χ1) is 16.0. The van der Waals surface area contributed by atoms with Gasteiger partial charge >= 0.3 is 0 Å². The molecule has 33 heavy (non-hydrogen) atoms. The van der Waals surface area contributed by atoms with Gasteiger partial charge in [-0.05, 0) is 49.1 Å². The lowest BCUT2D eigenvalue weighted by atomic mass is 10.0. The lowest BCUT2D eigenvalue weighted by molar-refractivity contribution is -0.124. The van der Waals surface area contributed by atoms with Crippen LogP contribution in [0, 0.1) is 0 Å². The van der Waals surface area contributed by atoms with Crippen LogP contribution in [-0.2, 0) is 11.3 Å². The van der Waals surface area contributed by atoms with Crippen LogP contribution in [0.15, 0.2) is 30.3 Å². The van der Waals surface area contributed by atoms with Crippen LogP contribution < -0.4 is 34.4 Å². The van der Waals surface area contributed by atoms with Gasteiger partial charge < -0.3 is 29.0 Å². The number of rotatable bonds is 10. The summed E-state index contributed by atoms with van der Waals surface area (Å²) < 4.78 is 26.9. The molecular weight excluding hydrogens is 426 g/mol. The minimum atomic E-state index is -0.297. The van der Waals surface area contributed by atoms with Gasteiger partial charge in [-0.25, -0.2) is 5.01 Å². The van der Waals surface area contributed by atoms with E-state index in [2.05, 4.69) is 10.7 Å². The van der Waals surface area contributed by atoms with Gasteiger partial charge in [0.2, 0.25) is 11.7 Å². The second kappa shape index (κ2) is 11.6. The third-order valence-corrected chi connectivity index (χ3v) is 5.67. The summed E-state index contributed by atoms with van der Waals surface area (Å²) in [6, 6.07) is 8.83. The molecule has 9 heteroatoms. The topological polar surface area (TPSA) is 90.5 Å². The number of carbonyl (C=O) groups is 1. The van der Waals surface area contributed by atoms with Crippen molar-refractivity contribution < 1.29 is 28.5 Å². The van der Waals surface area contributed by atoms with Crippen LogP contribution in [0.25, 0.3) is 0 Å². The van der Waals surface area contributed by atoms with Crippen LogP contribution in [0.5, 0.6) is 28.7 Å². The first-order valence-corrected chi connectivity index (χ1v) is 10.9. The van der Waals surface area contributed by atoms with Crippen LogP contribution in [0.4, 0.5) is 5.69 Å². The molecule has 1 amide bonds. The summed E-state index contributed by atoms with van der Waals surface area (Å²) in [7, 11) is 7.91. The monoisotopic (exact) mass is 459 g/mol. The van der Waals surface area contributed by atoms with E-state index in [1.807, 2.05) is 17.1 Å². The summed E-state index contributed by atoms with van der Waals surface area (Å²) in [6.45, 7) is 1.28. The highest BCUT2D eigenvalue weighted by Crippen LogP contribution is 2.38. The first kappa shape index (κ1) is 24.5. The van der Waals surface area contributed by atoms with Crippen molar-refractivity contribution in [1.82, 2.24) is 10.4 Å². The molecule has 2 N–H and O–H groups in total. The van der Waals surface area contributed by atoms with E-state index in [9.17, 15) is 4.79 Å². The molecule has 9 nitrogen and oxygen atoms in total. The molecule has 2 aromatic carbocycles. The first-order valence-electron chi connectivity index (χ1n) is 10.9. The third-order valence-electron chi connectivity index (χ3n) is 5.67. The number of piperidine rings is 1. The predicted molar refractivity (Wildman–Crippen MR) is 125 cm³/mol. The Bertz CT molecular complexity index is 927. The number of carbonyl (C=O) groups excluding carboxylic acids is 1. The van der Waals surface area contributed by atoms with Gasteiger partial charge in [-0.15, -0.1) is 0 Å². The molecule has 0 radical (unpaired) electrons. The van der Waals surface area contributed by atoms with Crippen molar-refractivity contribution in [3.63, 3.8) is 0 Å². The Labute approximate surface area is 194 Å². The number of hydrazine groups is 1. The Hall–Kier alpha value is -3.17. The highest BCUT2D eigenvalue weighted by atomic mass is 16.5. The average molecular weight is 460 g/mol. The number of ether oxygens (including phenoxy) is 5. The Morgan fingerprint density at radius 3 is 2.15 bits per heavy atom. The highest BCUT2D eigenvalue weighted by molar-refractivity contribution is 5.95. The van der Waals surface area contributed by atoms with E-state index in [-0.39, 0.29) is 11.9 Å². The summed E-state index contributed by atoms with van der Waals surface area (Å²) in [6.07, 6.45) is 2.77. The second-order valence-corrected chi connectivity index (χ2v) is 7.63. The van der Waals surface area contributed by atoms with Crippen molar-refractivity contribution >= 4 is 11.6 Å². The van der Waals surface area contributed by atoms with Gasteiger partial charge in [-0.2, -0.15) is 0 Å². The fourth-order valence-electron chi connectivity index (χ4n) is 3.96.